The van der Waals surface area contributed by atoms with Crippen LogP contribution in [0.5, 0.6) is 0 Å². The normalized spacial score (nSPS) is 9.50. The zero-order valence-corrected chi connectivity index (χ0v) is 8.38. The molecule has 0 fully saturated rings. The number of aryl methyl sites for hydroxylation is 1. The molecule has 0 radical (unpaired) electrons. The Bertz CT molecular complexity index is 339. The zero-order chi connectivity index (χ0) is 10.4. The van der Waals surface area contributed by atoms with Crippen molar-refractivity contribution in [2.24, 2.45) is 5.73 Å². The second-order valence-electron chi connectivity index (χ2n) is 3.05. The van der Waals surface area contributed by atoms with Crippen LogP contribution >= 0.6 is 0 Å². The molecule has 1 aromatic rings. The van der Waals surface area contributed by atoms with Crippen LogP contribution in [0.15, 0.2) is 18.2 Å². The van der Waals surface area contributed by atoms with E-state index < -0.39 is 0 Å². The molecule has 0 unspecified atom stereocenters. The lowest BCUT2D eigenvalue weighted by Gasteiger charge is -2.07. The minimum Gasteiger partial charge on any atom is -0.384 e. The van der Waals surface area contributed by atoms with E-state index in [9.17, 15) is 0 Å². The van der Waals surface area contributed by atoms with Crippen LogP contribution in [0.2, 0.25) is 0 Å². The van der Waals surface area contributed by atoms with E-state index in [1.165, 1.54) is 0 Å². The predicted octanol–water partition coefficient (Wildman–Crippen LogP) is 1.49. The molecular weight excluding hydrogens is 174 g/mol. The summed E-state index contributed by atoms with van der Waals surface area (Å²) in [7, 11) is 0. The molecule has 1 aromatic carbocycles. The summed E-state index contributed by atoms with van der Waals surface area (Å²) in [5, 5.41) is 12.0. The lowest BCUT2D eigenvalue weighted by Crippen LogP contribution is -2.13. The summed E-state index contributed by atoms with van der Waals surface area (Å²) >= 11 is 0. The van der Waals surface area contributed by atoms with Crippen molar-refractivity contribution in [3.8, 4) is 6.07 Å². The van der Waals surface area contributed by atoms with Crippen molar-refractivity contribution in [3.63, 3.8) is 0 Å². The van der Waals surface area contributed by atoms with Crippen molar-refractivity contribution in [2.45, 2.75) is 13.3 Å². The Balaban J connectivity index is 2.86. The molecule has 3 N–H and O–H groups in total. The SMILES string of the molecule is CCc1cc(NCCN)ccc1C#N. The van der Waals surface area contributed by atoms with Gasteiger partial charge in [0.1, 0.15) is 0 Å². The second-order valence-corrected chi connectivity index (χ2v) is 3.05. The minimum atomic E-state index is 0.613. The molecule has 3 nitrogen and oxygen atoms in total. The largest absolute Gasteiger partial charge is 0.384 e. The summed E-state index contributed by atoms with van der Waals surface area (Å²) in [5.74, 6) is 0. The summed E-state index contributed by atoms with van der Waals surface area (Å²) in [6.45, 7) is 3.42. The van der Waals surface area contributed by atoms with Crippen LogP contribution in [0.25, 0.3) is 0 Å². The van der Waals surface area contributed by atoms with E-state index in [0.717, 1.165) is 29.8 Å². The third kappa shape index (κ3) is 2.48. The first-order valence-corrected chi connectivity index (χ1v) is 4.78. The van der Waals surface area contributed by atoms with Gasteiger partial charge in [-0.15, -0.1) is 0 Å². The monoisotopic (exact) mass is 189 g/mol. The summed E-state index contributed by atoms with van der Waals surface area (Å²) in [5.41, 5.74) is 8.26. The molecule has 0 saturated carbocycles. The number of nitriles is 1. The summed E-state index contributed by atoms with van der Waals surface area (Å²) < 4.78 is 0. The fraction of sp³-hybridized carbons (Fsp3) is 0.364. The van der Waals surface area contributed by atoms with E-state index in [-0.39, 0.29) is 0 Å². The topological polar surface area (TPSA) is 61.8 Å². The quantitative estimate of drug-likeness (QED) is 0.754. The lowest BCUT2D eigenvalue weighted by molar-refractivity contribution is 1.02. The first kappa shape index (κ1) is 10.6. The number of anilines is 1. The summed E-state index contributed by atoms with van der Waals surface area (Å²) in [4.78, 5) is 0. The standard InChI is InChI=1S/C11H15N3/c1-2-9-7-11(14-6-5-12)4-3-10(9)8-13/h3-4,7,14H,2,5-6,12H2,1H3. The van der Waals surface area contributed by atoms with Gasteiger partial charge in [-0.1, -0.05) is 6.92 Å². The van der Waals surface area contributed by atoms with Gasteiger partial charge in [0.25, 0.3) is 0 Å². The number of hydrogen-bond donors (Lipinski definition) is 2. The van der Waals surface area contributed by atoms with Gasteiger partial charge in [-0.05, 0) is 30.2 Å². The molecule has 0 aliphatic carbocycles. The Morgan fingerprint density at radius 2 is 2.29 bits per heavy atom. The molecule has 0 amide bonds. The molecule has 1 rings (SSSR count). The molecule has 0 heterocycles. The van der Waals surface area contributed by atoms with Crippen LogP contribution in [0, 0.1) is 11.3 Å². The molecule has 0 aromatic heterocycles. The van der Waals surface area contributed by atoms with Crippen molar-refractivity contribution in [2.75, 3.05) is 18.4 Å². The van der Waals surface area contributed by atoms with Gasteiger partial charge < -0.3 is 11.1 Å². The number of rotatable bonds is 4. The van der Waals surface area contributed by atoms with E-state index in [4.69, 9.17) is 11.0 Å². The van der Waals surface area contributed by atoms with Crippen LogP contribution in [0.3, 0.4) is 0 Å². The van der Waals surface area contributed by atoms with Crippen molar-refractivity contribution in [1.82, 2.24) is 0 Å². The van der Waals surface area contributed by atoms with Gasteiger partial charge in [-0.3, -0.25) is 0 Å². The molecule has 3 heteroatoms. The molecule has 14 heavy (non-hydrogen) atoms. The Hall–Kier alpha value is -1.53. The Labute approximate surface area is 84.5 Å². The maximum absolute atomic E-state index is 8.83. The highest BCUT2D eigenvalue weighted by molar-refractivity contribution is 5.52. The van der Waals surface area contributed by atoms with E-state index in [1.54, 1.807) is 0 Å². The summed E-state index contributed by atoms with van der Waals surface area (Å²) in [6, 6.07) is 7.94. The van der Waals surface area contributed by atoms with Crippen LogP contribution in [0.1, 0.15) is 18.1 Å². The minimum absolute atomic E-state index is 0.613. The van der Waals surface area contributed by atoms with Crippen molar-refractivity contribution < 1.29 is 0 Å². The van der Waals surface area contributed by atoms with Crippen molar-refractivity contribution in [1.29, 1.82) is 5.26 Å². The van der Waals surface area contributed by atoms with Gasteiger partial charge in [-0.25, -0.2) is 0 Å². The van der Waals surface area contributed by atoms with E-state index in [1.807, 2.05) is 25.1 Å². The van der Waals surface area contributed by atoms with E-state index in [0.29, 0.717) is 6.54 Å². The molecule has 0 aliphatic rings. The molecule has 0 bridgehead atoms. The Morgan fingerprint density at radius 3 is 2.86 bits per heavy atom. The van der Waals surface area contributed by atoms with Crippen LogP contribution in [-0.2, 0) is 6.42 Å². The fourth-order valence-electron chi connectivity index (χ4n) is 1.32. The highest BCUT2D eigenvalue weighted by atomic mass is 14.9. The maximum Gasteiger partial charge on any atom is 0.0994 e. The number of nitrogens with one attached hydrogen (secondary N) is 1. The molecule has 0 spiro atoms. The van der Waals surface area contributed by atoms with Crippen molar-refractivity contribution in [3.05, 3.63) is 29.3 Å². The fourth-order valence-corrected chi connectivity index (χ4v) is 1.32. The van der Waals surface area contributed by atoms with Gasteiger partial charge in [0.2, 0.25) is 0 Å². The van der Waals surface area contributed by atoms with Crippen LogP contribution in [0.4, 0.5) is 5.69 Å². The average molecular weight is 189 g/mol. The van der Waals surface area contributed by atoms with Gasteiger partial charge in [0.15, 0.2) is 0 Å². The molecular formula is C11H15N3. The van der Waals surface area contributed by atoms with Crippen LogP contribution in [-0.4, -0.2) is 13.1 Å². The first-order chi connectivity index (χ1) is 6.81. The smallest absolute Gasteiger partial charge is 0.0994 e. The second kappa shape index (κ2) is 5.25. The van der Waals surface area contributed by atoms with Gasteiger partial charge in [0, 0.05) is 18.8 Å². The summed E-state index contributed by atoms with van der Waals surface area (Å²) in [6.07, 6.45) is 0.876. The third-order valence-electron chi connectivity index (χ3n) is 2.08. The predicted molar refractivity (Wildman–Crippen MR) is 58.1 cm³/mol. The number of hydrogen-bond acceptors (Lipinski definition) is 3. The Morgan fingerprint density at radius 1 is 1.50 bits per heavy atom. The first-order valence-electron chi connectivity index (χ1n) is 4.78. The van der Waals surface area contributed by atoms with Gasteiger partial charge in [0.05, 0.1) is 11.6 Å². The van der Waals surface area contributed by atoms with Gasteiger partial charge >= 0.3 is 0 Å². The molecule has 0 saturated heterocycles. The molecule has 0 atom stereocenters. The average Bonchev–Trinajstić information content (AvgIpc) is 2.25. The highest BCUT2D eigenvalue weighted by Gasteiger charge is 2.00. The van der Waals surface area contributed by atoms with E-state index >= 15 is 0 Å². The zero-order valence-electron chi connectivity index (χ0n) is 8.38. The molecule has 0 aliphatic heterocycles. The maximum atomic E-state index is 8.83. The van der Waals surface area contributed by atoms with E-state index in [2.05, 4.69) is 11.4 Å². The number of nitrogens with zero attached hydrogens (tertiary/aromatic N) is 1. The number of benzene rings is 1. The van der Waals surface area contributed by atoms with Gasteiger partial charge in [-0.2, -0.15) is 5.26 Å². The third-order valence-corrected chi connectivity index (χ3v) is 2.08. The molecule has 74 valence electrons. The van der Waals surface area contributed by atoms with Crippen molar-refractivity contribution >= 4 is 5.69 Å². The Kier molecular flexibility index (Phi) is 3.96. The number of nitrogens with two attached hydrogens (primary N) is 1. The highest BCUT2D eigenvalue weighted by Crippen LogP contribution is 2.15. The van der Waals surface area contributed by atoms with Crippen LogP contribution < -0.4 is 11.1 Å². The lowest BCUT2D eigenvalue weighted by atomic mass is 10.1.